The van der Waals surface area contributed by atoms with Gasteiger partial charge in [-0.05, 0) is 37.9 Å². The molecule has 1 aromatic carbocycles. The average Bonchev–Trinajstić information content (AvgIpc) is 2.24. The quantitative estimate of drug-likeness (QED) is 0.815. The standard InChI is InChI=1S/C11H17NO2S2/c1-12-8-7-9-5-4-6-10(11(9)15-2)16(3,13)14/h4-6,12H,7-8H2,1-3H3. The number of hydrogen-bond acceptors (Lipinski definition) is 4. The van der Waals surface area contributed by atoms with Crippen LogP contribution in [-0.4, -0.2) is 34.5 Å². The van der Waals surface area contributed by atoms with Gasteiger partial charge >= 0.3 is 0 Å². The molecule has 0 aliphatic rings. The van der Waals surface area contributed by atoms with Crippen molar-refractivity contribution in [2.75, 3.05) is 26.1 Å². The van der Waals surface area contributed by atoms with Crippen molar-refractivity contribution in [1.29, 1.82) is 0 Å². The molecule has 1 rings (SSSR count). The molecule has 0 aliphatic heterocycles. The lowest BCUT2D eigenvalue weighted by Crippen LogP contribution is -2.11. The molecule has 16 heavy (non-hydrogen) atoms. The lowest BCUT2D eigenvalue weighted by molar-refractivity contribution is 0.599. The van der Waals surface area contributed by atoms with Crippen molar-refractivity contribution in [3.8, 4) is 0 Å². The summed E-state index contributed by atoms with van der Waals surface area (Å²) in [5, 5.41) is 3.07. The van der Waals surface area contributed by atoms with Gasteiger partial charge in [0, 0.05) is 11.2 Å². The lowest BCUT2D eigenvalue weighted by atomic mass is 10.1. The highest BCUT2D eigenvalue weighted by Crippen LogP contribution is 2.28. The van der Waals surface area contributed by atoms with Crippen LogP contribution in [-0.2, 0) is 16.3 Å². The fourth-order valence-corrected chi connectivity index (χ4v) is 3.74. The van der Waals surface area contributed by atoms with E-state index in [1.807, 2.05) is 19.4 Å². The highest BCUT2D eigenvalue weighted by Gasteiger charge is 2.15. The van der Waals surface area contributed by atoms with Gasteiger partial charge in [-0.25, -0.2) is 8.42 Å². The summed E-state index contributed by atoms with van der Waals surface area (Å²) in [4.78, 5) is 1.31. The third-order valence-electron chi connectivity index (χ3n) is 2.31. The summed E-state index contributed by atoms with van der Waals surface area (Å²) in [7, 11) is -1.25. The van der Waals surface area contributed by atoms with Crippen LogP contribution in [0.4, 0.5) is 0 Å². The van der Waals surface area contributed by atoms with Crippen LogP contribution >= 0.6 is 11.8 Å². The fraction of sp³-hybridized carbons (Fsp3) is 0.455. The zero-order valence-electron chi connectivity index (χ0n) is 9.78. The largest absolute Gasteiger partial charge is 0.319 e. The predicted octanol–water partition coefficient (Wildman–Crippen LogP) is 1.57. The van der Waals surface area contributed by atoms with Crippen molar-refractivity contribution in [3.05, 3.63) is 23.8 Å². The Balaban J connectivity index is 3.21. The number of benzene rings is 1. The molecule has 5 heteroatoms. The molecule has 0 aliphatic carbocycles. The maximum atomic E-state index is 11.6. The van der Waals surface area contributed by atoms with Crippen LogP contribution in [0, 0.1) is 0 Å². The molecular weight excluding hydrogens is 242 g/mol. The molecule has 1 N–H and O–H groups in total. The van der Waals surface area contributed by atoms with E-state index in [1.54, 1.807) is 12.1 Å². The van der Waals surface area contributed by atoms with Crippen LogP contribution in [0.2, 0.25) is 0 Å². The second kappa shape index (κ2) is 5.70. The molecule has 0 aromatic heterocycles. The molecule has 90 valence electrons. The predicted molar refractivity (Wildman–Crippen MR) is 69.0 cm³/mol. The zero-order valence-corrected chi connectivity index (χ0v) is 11.4. The van der Waals surface area contributed by atoms with Crippen LogP contribution in [0.3, 0.4) is 0 Å². The average molecular weight is 259 g/mol. The number of rotatable bonds is 5. The number of nitrogens with one attached hydrogen (secondary N) is 1. The first kappa shape index (κ1) is 13.5. The smallest absolute Gasteiger partial charge is 0.176 e. The Morgan fingerprint density at radius 3 is 2.56 bits per heavy atom. The molecule has 3 nitrogen and oxygen atoms in total. The van der Waals surface area contributed by atoms with E-state index in [0.29, 0.717) is 4.90 Å². The van der Waals surface area contributed by atoms with Crippen LogP contribution in [0.15, 0.2) is 28.0 Å². The maximum Gasteiger partial charge on any atom is 0.176 e. The summed E-state index contributed by atoms with van der Waals surface area (Å²) in [6.45, 7) is 0.848. The van der Waals surface area contributed by atoms with Crippen LogP contribution in [0.1, 0.15) is 5.56 Å². The van der Waals surface area contributed by atoms with Gasteiger partial charge in [-0.1, -0.05) is 12.1 Å². The number of likely N-dealkylation sites (N-methyl/N-ethyl adjacent to an activating group) is 1. The monoisotopic (exact) mass is 259 g/mol. The minimum Gasteiger partial charge on any atom is -0.319 e. The Morgan fingerprint density at radius 2 is 2.06 bits per heavy atom. The zero-order chi connectivity index (χ0) is 12.2. The van der Waals surface area contributed by atoms with Crippen LogP contribution in [0.5, 0.6) is 0 Å². The van der Waals surface area contributed by atoms with E-state index in [1.165, 1.54) is 18.0 Å². The van der Waals surface area contributed by atoms with Gasteiger partial charge < -0.3 is 5.32 Å². The topological polar surface area (TPSA) is 46.2 Å². The van der Waals surface area contributed by atoms with E-state index < -0.39 is 9.84 Å². The lowest BCUT2D eigenvalue weighted by Gasteiger charge is -2.11. The molecule has 0 radical (unpaired) electrons. The molecule has 0 unspecified atom stereocenters. The number of thioether (sulfide) groups is 1. The highest BCUT2D eigenvalue weighted by atomic mass is 32.2. The van der Waals surface area contributed by atoms with Crippen molar-refractivity contribution in [2.45, 2.75) is 16.2 Å². The minimum absolute atomic E-state index is 0.439. The Labute approximate surface area is 102 Å². The van der Waals surface area contributed by atoms with E-state index in [9.17, 15) is 8.42 Å². The molecule has 0 spiro atoms. The van der Waals surface area contributed by atoms with Crippen molar-refractivity contribution in [3.63, 3.8) is 0 Å². The molecule has 0 saturated heterocycles. The second-order valence-electron chi connectivity index (χ2n) is 3.57. The fourth-order valence-electron chi connectivity index (χ4n) is 1.54. The Morgan fingerprint density at radius 1 is 1.38 bits per heavy atom. The van der Waals surface area contributed by atoms with Gasteiger partial charge in [0.1, 0.15) is 0 Å². The Hall–Kier alpha value is -0.520. The third kappa shape index (κ3) is 3.23. The Kier molecular flexibility index (Phi) is 4.83. The summed E-state index contributed by atoms with van der Waals surface area (Å²) >= 11 is 1.49. The van der Waals surface area contributed by atoms with E-state index in [2.05, 4.69) is 5.32 Å². The van der Waals surface area contributed by atoms with Gasteiger partial charge in [0.15, 0.2) is 9.84 Å². The second-order valence-corrected chi connectivity index (χ2v) is 6.37. The molecule has 0 saturated carbocycles. The van der Waals surface area contributed by atoms with Gasteiger partial charge in [-0.2, -0.15) is 0 Å². The van der Waals surface area contributed by atoms with E-state index in [-0.39, 0.29) is 0 Å². The van der Waals surface area contributed by atoms with Gasteiger partial charge in [0.05, 0.1) is 4.90 Å². The van der Waals surface area contributed by atoms with E-state index in [0.717, 1.165) is 23.4 Å². The molecule has 0 atom stereocenters. The maximum absolute atomic E-state index is 11.6. The van der Waals surface area contributed by atoms with Crippen LogP contribution < -0.4 is 5.32 Å². The molecular formula is C11H17NO2S2. The summed E-state index contributed by atoms with van der Waals surface area (Å²) < 4.78 is 23.2. The molecule has 0 fully saturated rings. The molecule has 0 heterocycles. The van der Waals surface area contributed by atoms with Crippen molar-refractivity contribution in [1.82, 2.24) is 5.32 Å². The molecule has 1 aromatic rings. The first-order chi connectivity index (χ1) is 7.50. The first-order valence-corrected chi connectivity index (χ1v) is 8.13. The number of sulfone groups is 1. The van der Waals surface area contributed by atoms with E-state index >= 15 is 0 Å². The summed E-state index contributed by atoms with van der Waals surface area (Å²) in [5.41, 5.74) is 1.09. The normalized spacial score (nSPS) is 11.7. The molecule has 0 amide bonds. The highest BCUT2D eigenvalue weighted by molar-refractivity contribution is 7.99. The third-order valence-corrected chi connectivity index (χ3v) is 4.47. The van der Waals surface area contributed by atoms with Gasteiger partial charge in [0.2, 0.25) is 0 Å². The van der Waals surface area contributed by atoms with Crippen molar-refractivity contribution in [2.24, 2.45) is 0 Å². The molecule has 0 bridgehead atoms. The summed E-state index contributed by atoms with van der Waals surface area (Å²) in [6.07, 6.45) is 4.01. The van der Waals surface area contributed by atoms with Crippen molar-refractivity contribution < 1.29 is 8.42 Å². The SMILES string of the molecule is CNCCc1cccc(S(C)(=O)=O)c1SC. The minimum atomic E-state index is -3.13. The van der Waals surface area contributed by atoms with Crippen molar-refractivity contribution >= 4 is 21.6 Å². The Bertz CT molecular complexity index is 455. The van der Waals surface area contributed by atoms with Crippen LogP contribution in [0.25, 0.3) is 0 Å². The number of hydrogen-bond donors (Lipinski definition) is 1. The van der Waals surface area contributed by atoms with Gasteiger partial charge in [0.25, 0.3) is 0 Å². The van der Waals surface area contributed by atoms with Gasteiger partial charge in [-0.3, -0.25) is 0 Å². The summed E-state index contributed by atoms with van der Waals surface area (Å²) in [5.74, 6) is 0. The summed E-state index contributed by atoms with van der Waals surface area (Å²) in [6, 6.07) is 5.46. The first-order valence-electron chi connectivity index (χ1n) is 5.01. The van der Waals surface area contributed by atoms with Gasteiger partial charge in [-0.15, -0.1) is 11.8 Å². The van der Waals surface area contributed by atoms with E-state index in [4.69, 9.17) is 0 Å².